The van der Waals surface area contributed by atoms with Crippen LogP contribution in [0.4, 0.5) is 0 Å². The predicted octanol–water partition coefficient (Wildman–Crippen LogP) is 1.99. The smallest absolute Gasteiger partial charge is 0.253 e. The van der Waals surface area contributed by atoms with E-state index in [1.165, 1.54) is 0 Å². The highest BCUT2D eigenvalue weighted by Gasteiger charge is 2.21. The lowest BCUT2D eigenvalue weighted by molar-refractivity contribution is -0.119. The Morgan fingerprint density at radius 2 is 1.62 bits per heavy atom. The van der Waals surface area contributed by atoms with Crippen LogP contribution in [0, 0.1) is 12.3 Å². The zero-order chi connectivity index (χ0) is 17.1. The molecule has 0 aliphatic heterocycles. The second-order valence-electron chi connectivity index (χ2n) is 5.36. The fourth-order valence-corrected chi connectivity index (χ4v) is 2.66. The number of rotatable bonds is 4. The van der Waals surface area contributed by atoms with E-state index in [9.17, 15) is 9.59 Å². The Morgan fingerprint density at radius 1 is 1.08 bits per heavy atom. The Kier molecular flexibility index (Phi) is 4.13. The van der Waals surface area contributed by atoms with Crippen LogP contribution in [-0.2, 0) is 4.79 Å². The number of terminal acetylenes is 1. The Bertz CT molecular complexity index is 935. The van der Waals surface area contributed by atoms with E-state index in [2.05, 4.69) is 16.2 Å². The summed E-state index contributed by atoms with van der Waals surface area (Å²) < 4.78 is 0. The first-order valence-corrected chi connectivity index (χ1v) is 7.43. The summed E-state index contributed by atoms with van der Waals surface area (Å²) >= 11 is 0. The molecule has 3 N–H and O–H groups in total. The number of nitrogens with one attached hydrogen (secondary N) is 1. The lowest BCUT2D eigenvalue weighted by Crippen LogP contribution is -2.44. The van der Waals surface area contributed by atoms with Gasteiger partial charge in [-0.05, 0) is 12.1 Å². The molecule has 0 radical (unpaired) electrons. The highest BCUT2D eigenvalue weighted by atomic mass is 16.2. The number of aromatic nitrogens is 1. The first kappa shape index (κ1) is 15.5. The molecule has 5 nitrogen and oxygen atoms in total. The molecule has 0 bridgehead atoms. The van der Waals surface area contributed by atoms with Gasteiger partial charge < -0.3 is 11.1 Å². The summed E-state index contributed by atoms with van der Waals surface area (Å²) in [5.74, 6) is 1.29. The van der Waals surface area contributed by atoms with Crippen LogP contribution in [0.2, 0.25) is 0 Å². The first-order chi connectivity index (χ1) is 11.6. The van der Waals surface area contributed by atoms with Crippen LogP contribution in [0.5, 0.6) is 0 Å². The number of carbonyl (C=O) groups excluding carboxylic acids is 2. The molecule has 118 valence electrons. The molecule has 0 spiro atoms. The Hall–Kier alpha value is -3.39. The molecular weight excluding hydrogens is 302 g/mol. The van der Waals surface area contributed by atoms with Gasteiger partial charge in [-0.3, -0.25) is 9.59 Å². The molecule has 1 aromatic heterocycles. The maximum absolute atomic E-state index is 12.8. The molecule has 1 atom stereocenters. The van der Waals surface area contributed by atoms with Gasteiger partial charge in [0.25, 0.3) is 5.91 Å². The van der Waals surface area contributed by atoms with E-state index >= 15 is 0 Å². The SMILES string of the molecule is C#CC[C@@H](NC(=O)c1c2ccccc2nc2ccccc12)C(N)=O. The lowest BCUT2D eigenvalue weighted by Gasteiger charge is -2.15. The number of hydrogen-bond donors (Lipinski definition) is 2. The van der Waals surface area contributed by atoms with Crippen LogP contribution < -0.4 is 11.1 Å². The van der Waals surface area contributed by atoms with Gasteiger partial charge in [0.2, 0.25) is 5.91 Å². The Balaban J connectivity index is 2.17. The molecule has 0 unspecified atom stereocenters. The van der Waals surface area contributed by atoms with Gasteiger partial charge in [0.05, 0.1) is 16.6 Å². The fourth-order valence-electron chi connectivity index (χ4n) is 2.66. The van der Waals surface area contributed by atoms with Crippen molar-refractivity contribution in [3.63, 3.8) is 0 Å². The monoisotopic (exact) mass is 317 g/mol. The molecule has 0 saturated heterocycles. The summed E-state index contributed by atoms with van der Waals surface area (Å²) in [4.78, 5) is 28.9. The zero-order valence-corrected chi connectivity index (χ0v) is 12.8. The van der Waals surface area contributed by atoms with Crippen LogP contribution in [-0.4, -0.2) is 22.8 Å². The predicted molar refractivity (Wildman–Crippen MR) is 93.1 cm³/mol. The molecule has 3 rings (SSSR count). The number of hydrogen-bond acceptors (Lipinski definition) is 3. The van der Waals surface area contributed by atoms with Crippen molar-refractivity contribution in [1.82, 2.24) is 10.3 Å². The number of nitrogens with two attached hydrogens (primary N) is 1. The van der Waals surface area contributed by atoms with Crippen LogP contribution in [0.3, 0.4) is 0 Å². The maximum Gasteiger partial charge on any atom is 0.253 e. The highest BCUT2D eigenvalue weighted by Crippen LogP contribution is 2.25. The topological polar surface area (TPSA) is 85.1 Å². The number of benzene rings is 2. The molecule has 5 heteroatoms. The van der Waals surface area contributed by atoms with Crippen LogP contribution in [0.15, 0.2) is 48.5 Å². The molecule has 0 aliphatic rings. The number of pyridine rings is 1. The van der Waals surface area contributed by atoms with E-state index in [0.717, 1.165) is 0 Å². The number of amides is 2. The van der Waals surface area contributed by atoms with Crippen molar-refractivity contribution in [2.45, 2.75) is 12.5 Å². The third-order valence-electron chi connectivity index (χ3n) is 3.79. The van der Waals surface area contributed by atoms with E-state index in [-0.39, 0.29) is 6.42 Å². The van der Waals surface area contributed by atoms with Crippen molar-refractivity contribution in [1.29, 1.82) is 0 Å². The number of primary amides is 1. The Morgan fingerprint density at radius 3 is 2.12 bits per heavy atom. The minimum absolute atomic E-state index is 0.0437. The average molecular weight is 317 g/mol. The number of para-hydroxylation sites is 2. The lowest BCUT2D eigenvalue weighted by atomic mass is 10.0. The van der Waals surface area contributed by atoms with Gasteiger partial charge in [0.15, 0.2) is 0 Å². The number of carbonyl (C=O) groups is 2. The van der Waals surface area contributed by atoms with E-state index in [0.29, 0.717) is 27.4 Å². The van der Waals surface area contributed by atoms with Gasteiger partial charge in [-0.25, -0.2) is 4.98 Å². The summed E-state index contributed by atoms with van der Waals surface area (Å²) in [6.07, 6.45) is 5.29. The van der Waals surface area contributed by atoms with E-state index in [4.69, 9.17) is 12.2 Å². The van der Waals surface area contributed by atoms with E-state index in [1.807, 2.05) is 48.5 Å². The van der Waals surface area contributed by atoms with Gasteiger partial charge in [-0.2, -0.15) is 0 Å². The third-order valence-corrected chi connectivity index (χ3v) is 3.79. The maximum atomic E-state index is 12.8. The van der Waals surface area contributed by atoms with Crippen LogP contribution in [0.1, 0.15) is 16.8 Å². The fraction of sp³-hybridized carbons (Fsp3) is 0.105. The van der Waals surface area contributed by atoms with E-state index < -0.39 is 17.9 Å². The largest absolute Gasteiger partial charge is 0.368 e. The minimum atomic E-state index is -0.909. The average Bonchev–Trinajstić information content (AvgIpc) is 2.58. The van der Waals surface area contributed by atoms with E-state index in [1.54, 1.807) is 0 Å². The molecule has 2 amide bonds. The highest BCUT2D eigenvalue weighted by molar-refractivity contribution is 6.16. The van der Waals surface area contributed by atoms with Crippen molar-refractivity contribution in [2.24, 2.45) is 5.73 Å². The van der Waals surface area contributed by atoms with Crippen molar-refractivity contribution in [3.05, 3.63) is 54.1 Å². The summed E-state index contributed by atoms with van der Waals surface area (Å²) in [6, 6.07) is 13.8. The van der Waals surface area contributed by atoms with Crippen molar-refractivity contribution in [2.75, 3.05) is 0 Å². The van der Waals surface area contributed by atoms with Crippen LogP contribution in [0.25, 0.3) is 21.8 Å². The van der Waals surface area contributed by atoms with Gasteiger partial charge in [0, 0.05) is 17.2 Å². The quantitative estimate of drug-likeness (QED) is 0.570. The third kappa shape index (κ3) is 2.77. The summed E-state index contributed by atoms with van der Waals surface area (Å²) in [7, 11) is 0. The first-order valence-electron chi connectivity index (χ1n) is 7.43. The molecule has 3 aromatic rings. The second-order valence-corrected chi connectivity index (χ2v) is 5.36. The molecule has 0 saturated carbocycles. The standard InChI is InChI=1S/C19H15N3O2/c1-2-7-16(18(20)23)22-19(24)17-12-8-3-5-10-14(12)21-15-11-6-4-9-13(15)17/h1,3-6,8-11,16H,7H2,(H2,20,23)(H,22,24)/t16-/m1/s1. The van der Waals surface area contributed by atoms with Crippen LogP contribution >= 0.6 is 0 Å². The molecule has 0 fully saturated rings. The minimum Gasteiger partial charge on any atom is -0.368 e. The van der Waals surface area contributed by atoms with Gasteiger partial charge >= 0.3 is 0 Å². The van der Waals surface area contributed by atoms with Crippen molar-refractivity contribution >= 4 is 33.6 Å². The second kappa shape index (κ2) is 6.39. The molecule has 0 aliphatic carbocycles. The molecule has 2 aromatic carbocycles. The normalized spacial score (nSPS) is 11.8. The van der Waals surface area contributed by atoms with Gasteiger partial charge in [0.1, 0.15) is 6.04 Å². The summed E-state index contributed by atoms with van der Waals surface area (Å²) in [6.45, 7) is 0. The molecule has 1 heterocycles. The summed E-state index contributed by atoms with van der Waals surface area (Å²) in [5, 5.41) is 4.05. The molecule has 24 heavy (non-hydrogen) atoms. The number of fused-ring (bicyclic) bond motifs is 2. The molecular formula is C19H15N3O2. The Labute approximate surface area is 138 Å². The zero-order valence-electron chi connectivity index (χ0n) is 12.8. The van der Waals surface area contributed by atoms with Crippen molar-refractivity contribution < 1.29 is 9.59 Å². The van der Waals surface area contributed by atoms with Gasteiger partial charge in [-0.15, -0.1) is 12.3 Å². The van der Waals surface area contributed by atoms with Gasteiger partial charge in [-0.1, -0.05) is 36.4 Å². The summed E-state index contributed by atoms with van der Waals surface area (Å²) in [5.41, 5.74) is 7.18. The van der Waals surface area contributed by atoms with Crippen molar-refractivity contribution in [3.8, 4) is 12.3 Å². The number of nitrogens with zero attached hydrogens (tertiary/aromatic N) is 1.